The highest BCUT2D eigenvalue weighted by Gasteiger charge is 2.17. The molecular formula is C21H36N6O. The molecule has 0 spiro atoms. The number of aliphatic imine (C=N–C) groups is 1. The van der Waals surface area contributed by atoms with Crippen LogP contribution < -0.4 is 15.5 Å². The number of anilines is 1. The summed E-state index contributed by atoms with van der Waals surface area (Å²) in [4.78, 5) is 13.9. The van der Waals surface area contributed by atoms with Gasteiger partial charge in [0.25, 0.3) is 0 Å². The topological polar surface area (TPSA) is 65.0 Å². The molecule has 1 unspecified atom stereocenters. The third kappa shape index (κ3) is 6.07. The Kier molecular flexibility index (Phi) is 8.36. The van der Waals surface area contributed by atoms with Crippen LogP contribution in [0.5, 0.6) is 0 Å². The standard InChI is InChI=1S/C21H36N6O/c1-18-7-3-4-11-26(18)12-6-10-24-21(22-2)25-17-19-8-5-9-23-20(19)27-13-15-28-16-14-27/h5,8-9,18H,3-4,6-7,10-17H2,1-2H3,(H2,22,24,25). The molecule has 3 rings (SSSR count). The first-order valence-corrected chi connectivity index (χ1v) is 10.7. The summed E-state index contributed by atoms with van der Waals surface area (Å²) in [6.07, 6.45) is 7.07. The van der Waals surface area contributed by atoms with Crippen molar-refractivity contribution < 1.29 is 4.74 Å². The Bertz CT molecular complexity index is 617. The number of nitrogens with one attached hydrogen (secondary N) is 2. The van der Waals surface area contributed by atoms with E-state index < -0.39 is 0 Å². The van der Waals surface area contributed by atoms with Gasteiger partial charge in [-0.15, -0.1) is 0 Å². The van der Waals surface area contributed by atoms with Gasteiger partial charge in [0.05, 0.1) is 13.2 Å². The van der Waals surface area contributed by atoms with Crippen LogP contribution in [-0.4, -0.2) is 74.9 Å². The predicted molar refractivity (Wildman–Crippen MR) is 115 cm³/mol. The van der Waals surface area contributed by atoms with Crippen molar-refractivity contribution in [2.75, 3.05) is 57.9 Å². The highest BCUT2D eigenvalue weighted by Crippen LogP contribution is 2.18. The van der Waals surface area contributed by atoms with Crippen LogP contribution in [0.2, 0.25) is 0 Å². The van der Waals surface area contributed by atoms with E-state index in [1.165, 1.54) is 31.4 Å². The molecule has 2 aliphatic rings. The highest BCUT2D eigenvalue weighted by molar-refractivity contribution is 5.79. The minimum Gasteiger partial charge on any atom is -0.378 e. The van der Waals surface area contributed by atoms with Crippen molar-refractivity contribution in [2.45, 2.75) is 45.2 Å². The van der Waals surface area contributed by atoms with Gasteiger partial charge in [0, 0.05) is 57.6 Å². The second-order valence-electron chi connectivity index (χ2n) is 7.67. The van der Waals surface area contributed by atoms with E-state index >= 15 is 0 Å². The van der Waals surface area contributed by atoms with Crippen molar-refractivity contribution in [3.63, 3.8) is 0 Å². The number of guanidine groups is 1. The van der Waals surface area contributed by atoms with Crippen LogP contribution in [0.1, 0.15) is 38.2 Å². The second-order valence-corrected chi connectivity index (χ2v) is 7.67. The molecule has 0 saturated carbocycles. The minimum atomic E-state index is 0.712. The molecule has 0 amide bonds. The third-order valence-corrected chi connectivity index (χ3v) is 5.70. The van der Waals surface area contributed by atoms with E-state index in [2.05, 4.69) is 43.4 Å². The van der Waals surface area contributed by atoms with Gasteiger partial charge in [0.2, 0.25) is 0 Å². The molecule has 3 heterocycles. The zero-order chi connectivity index (χ0) is 19.6. The number of piperidine rings is 1. The maximum Gasteiger partial charge on any atom is 0.191 e. The van der Waals surface area contributed by atoms with Crippen LogP contribution in [0.25, 0.3) is 0 Å². The number of nitrogens with zero attached hydrogens (tertiary/aromatic N) is 4. The zero-order valence-corrected chi connectivity index (χ0v) is 17.5. The minimum absolute atomic E-state index is 0.712. The van der Waals surface area contributed by atoms with Crippen LogP contribution in [-0.2, 0) is 11.3 Å². The molecule has 7 nitrogen and oxygen atoms in total. The van der Waals surface area contributed by atoms with Gasteiger partial charge in [-0.2, -0.15) is 0 Å². The summed E-state index contributed by atoms with van der Waals surface area (Å²) >= 11 is 0. The van der Waals surface area contributed by atoms with E-state index in [4.69, 9.17) is 4.74 Å². The number of likely N-dealkylation sites (tertiary alicyclic amines) is 1. The monoisotopic (exact) mass is 388 g/mol. The van der Waals surface area contributed by atoms with Crippen LogP contribution >= 0.6 is 0 Å². The molecule has 2 fully saturated rings. The van der Waals surface area contributed by atoms with E-state index in [0.717, 1.165) is 63.6 Å². The largest absolute Gasteiger partial charge is 0.378 e. The lowest BCUT2D eigenvalue weighted by atomic mass is 10.0. The van der Waals surface area contributed by atoms with Gasteiger partial charge >= 0.3 is 0 Å². The summed E-state index contributed by atoms with van der Waals surface area (Å²) in [5.41, 5.74) is 1.19. The Labute approximate surface area is 169 Å². The summed E-state index contributed by atoms with van der Waals surface area (Å²) in [5.74, 6) is 1.90. The first kappa shape index (κ1) is 20.9. The fraction of sp³-hybridized carbons (Fsp3) is 0.714. The van der Waals surface area contributed by atoms with Crippen molar-refractivity contribution in [1.82, 2.24) is 20.5 Å². The molecule has 7 heteroatoms. The van der Waals surface area contributed by atoms with Gasteiger partial charge in [-0.25, -0.2) is 4.98 Å². The van der Waals surface area contributed by atoms with Gasteiger partial charge in [-0.3, -0.25) is 4.99 Å². The number of pyridine rings is 1. The molecule has 1 aromatic heterocycles. The fourth-order valence-electron chi connectivity index (χ4n) is 4.01. The van der Waals surface area contributed by atoms with Crippen molar-refractivity contribution in [3.05, 3.63) is 23.9 Å². The van der Waals surface area contributed by atoms with E-state index in [0.29, 0.717) is 6.54 Å². The Morgan fingerprint density at radius 2 is 2.11 bits per heavy atom. The lowest BCUT2D eigenvalue weighted by molar-refractivity contribution is 0.122. The van der Waals surface area contributed by atoms with Crippen LogP contribution in [0.15, 0.2) is 23.3 Å². The molecule has 2 N–H and O–H groups in total. The van der Waals surface area contributed by atoms with Gasteiger partial charge < -0.3 is 25.2 Å². The quantitative estimate of drug-likeness (QED) is 0.422. The molecule has 0 aromatic carbocycles. The molecule has 28 heavy (non-hydrogen) atoms. The first-order chi connectivity index (χ1) is 13.8. The predicted octanol–water partition coefficient (Wildman–Crippen LogP) is 1.85. The molecule has 0 aliphatic carbocycles. The molecule has 156 valence electrons. The number of hydrogen-bond acceptors (Lipinski definition) is 5. The molecule has 0 bridgehead atoms. The fourth-order valence-corrected chi connectivity index (χ4v) is 4.01. The summed E-state index contributed by atoms with van der Waals surface area (Å²) in [6, 6.07) is 4.86. The Balaban J connectivity index is 1.43. The average molecular weight is 389 g/mol. The number of hydrogen-bond donors (Lipinski definition) is 2. The van der Waals surface area contributed by atoms with Gasteiger partial charge in [0.15, 0.2) is 5.96 Å². The van der Waals surface area contributed by atoms with Gasteiger partial charge in [0.1, 0.15) is 5.82 Å². The lowest BCUT2D eigenvalue weighted by Crippen LogP contribution is -2.41. The van der Waals surface area contributed by atoms with Crippen LogP contribution in [0.4, 0.5) is 5.82 Å². The highest BCUT2D eigenvalue weighted by atomic mass is 16.5. The maximum atomic E-state index is 5.46. The average Bonchev–Trinajstić information content (AvgIpc) is 2.75. The van der Waals surface area contributed by atoms with Gasteiger partial charge in [-0.1, -0.05) is 12.5 Å². The summed E-state index contributed by atoms with van der Waals surface area (Å²) in [7, 11) is 1.83. The molecule has 1 aromatic rings. The summed E-state index contributed by atoms with van der Waals surface area (Å²) in [5, 5.41) is 6.89. The normalized spacial score (nSPS) is 21.6. The second kappa shape index (κ2) is 11.2. The maximum absolute atomic E-state index is 5.46. The SMILES string of the molecule is CN=C(NCCCN1CCCCC1C)NCc1cccnc1N1CCOCC1. The van der Waals surface area contributed by atoms with Gasteiger partial charge in [-0.05, 0) is 38.8 Å². The smallest absolute Gasteiger partial charge is 0.191 e. The lowest BCUT2D eigenvalue weighted by Gasteiger charge is -2.33. The Morgan fingerprint density at radius 3 is 2.89 bits per heavy atom. The Hall–Kier alpha value is -1.86. The Morgan fingerprint density at radius 1 is 1.25 bits per heavy atom. The van der Waals surface area contributed by atoms with Crippen molar-refractivity contribution in [1.29, 1.82) is 0 Å². The molecule has 0 radical (unpaired) electrons. The van der Waals surface area contributed by atoms with Crippen LogP contribution in [0.3, 0.4) is 0 Å². The van der Waals surface area contributed by atoms with E-state index in [-0.39, 0.29) is 0 Å². The third-order valence-electron chi connectivity index (χ3n) is 5.70. The van der Waals surface area contributed by atoms with E-state index in [9.17, 15) is 0 Å². The van der Waals surface area contributed by atoms with Crippen molar-refractivity contribution in [2.24, 2.45) is 4.99 Å². The number of aromatic nitrogens is 1. The molecule has 1 atom stereocenters. The number of morpholine rings is 1. The first-order valence-electron chi connectivity index (χ1n) is 10.7. The van der Waals surface area contributed by atoms with E-state index in [1.54, 1.807) is 0 Å². The zero-order valence-electron chi connectivity index (χ0n) is 17.5. The summed E-state index contributed by atoms with van der Waals surface area (Å²) in [6.45, 7) is 9.74. The molecule has 2 aliphatic heterocycles. The van der Waals surface area contributed by atoms with Crippen LogP contribution in [0, 0.1) is 0 Å². The molecular weight excluding hydrogens is 352 g/mol. The van der Waals surface area contributed by atoms with Crippen molar-refractivity contribution >= 4 is 11.8 Å². The van der Waals surface area contributed by atoms with Crippen molar-refractivity contribution in [3.8, 4) is 0 Å². The molecule has 2 saturated heterocycles. The summed E-state index contributed by atoms with van der Waals surface area (Å²) < 4.78 is 5.46. The number of rotatable bonds is 7. The van der Waals surface area contributed by atoms with E-state index in [1.807, 2.05) is 19.3 Å². The number of ether oxygens (including phenoxy) is 1.